The summed E-state index contributed by atoms with van der Waals surface area (Å²) in [6.07, 6.45) is 0.417. The van der Waals surface area contributed by atoms with Crippen LogP contribution in [-0.2, 0) is 16.0 Å². The van der Waals surface area contributed by atoms with Gasteiger partial charge in [0.2, 0.25) is 0 Å². The molecule has 0 fully saturated rings. The molecule has 3 nitrogen and oxygen atoms in total. The van der Waals surface area contributed by atoms with Gasteiger partial charge in [-0.2, -0.15) is 5.26 Å². The van der Waals surface area contributed by atoms with E-state index in [1.165, 1.54) is 0 Å². The summed E-state index contributed by atoms with van der Waals surface area (Å²) in [6, 6.07) is 5.86. The molecule has 0 amide bonds. The van der Waals surface area contributed by atoms with Crippen LogP contribution in [0.25, 0.3) is 0 Å². The van der Waals surface area contributed by atoms with Crippen LogP contribution in [0.15, 0.2) is 17.5 Å². The van der Waals surface area contributed by atoms with Gasteiger partial charge in [0.25, 0.3) is 0 Å². The summed E-state index contributed by atoms with van der Waals surface area (Å²) in [5.74, 6) is -0.444. The van der Waals surface area contributed by atoms with Crippen molar-refractivity contribution in [1.29, 1.82) is 5.26 Å². The van der Waals surface area contributed by atoms with Crippen molar-refractivity contribution in [2.24, 2.45) is 5.41 Å². The molecule has 0 aliphatic heterocycles. The molecule has 0 saturated heterocycles. The minimum absolute atomic E-state index is 0.306. The lowest BCUT2D eigenvalue weighted by atomic mass is 9.88. The van der Waals surface area contributed by atoms with Crippen LogP contribution in [0.1, 0.15) is 18.7 Å². The van der Waals surface area contributed by atoms with Crippen LogP contribution in [-0.4, -0.2) is 12.6 Å². The molecule has 1 aromatic rings. The van der Waals surface area contributed by atoms with Gasteiger partial charge in [-0.3, -0.25) is 4.79 Å². The van der Waals surface area contributed by atoms with E-state index in [2.05, 4.69) is 0 Å². The van der Waals surface area contributed by atoms with Crippen molar-refractivity contribution in [3.63, 3.8) is 0 Å². The molecule has 0 radical (unpaired) electrons. The first-order valence-electron chi connectivity index (χ1n) is 4.73. The van der Waals surface area contributed by atoms with Crippen LogP contribution < -0.4 is 0 Å². The molecule has 0 saturated carbocycles. The van der Waals surface area contributed by atoms with Gasteiger partial charge >= 0.3 is 5.97 Å². The SMILES string of the molecule is CCOC(=O)C(C)(C#N)Cc1cccs1. The molecule has 1 aromatic heterocycles. The van der Waals surface area contributed by atoms with E-state index in [1.807, 2.05) is 23.6 Å². The fourth-order valence-electron chi connectivity index (χ4n) is 1.21. The quantitative estimate of drug-likeness (QED) is 0.736. The van der Waals surface area contributed by atoms with Crippen LogP contribution in [0.2, 0.25) is 0 Å². The molecule has 1 atom stereocenters. The second kappa shape index (κ2) is 4.94. The molecule has 0 aliphatic rings. The lowest BCUT2D eigenvalue weighted by molar-refractivity contribution is -0.151. The minimum Gasteiger partial charge on any atom is -0.465 e. The lowest BCUT2D eigenvalue weighted by Gasteiger charge is -2.18. The predicted octanol–water partition coefficient (Wildman–Crippen LogP) is 2.38. The van der Waals surface area contributed by atoms with Crippen molar-refractivity contribution < 1.29 is 9.53 Å². The summed E-state index contributed by atoms with van der Waals surface area (Å²) >= 11 is 1.54. The van der Waals surface area contributed by atoms with Crippen molar-refractivity contribution in [2.45, 2.75) is 20.3 Å². The summed E-state index contributed by atoms with van der Waals surface area (Å²) in [6.45, 7) is 3.66. The fourth-order valence-corrected chi connectivity index (χ4v) is 2.07. The van der Waals surface area contributed by atoms with E-state index in [0.29, 0.717) is 13.0 Å². The molecule has 0 spiro atoms. The number of esters is 1. The Morgan fingerprint density at radius 3 is 2.93 bits per heavy atom. The van der Waals surface area contributed by atoms with E-state index in [4.69, 9.17) is 10.00 Å². The molecule has 0 aromatic carbocycles. The number of carbonyl (C=O) groups is 1. The molecular weight excluding hydrogens is 210 g/mol. The highest BCUT2D eigenvalue weighted by Crippen LogP contribution is 2.25. The van der Waals surface area contributed by atoms with Gasteiger partial charge in [-0.1, -0.05) is 6.07 Å². The number of rotatable bonds is 4. The molecule has 1 heterocycles. The van der Waals surface area contributed by atoms with Gasteiger partial charge in [-0.25, -0.2) is 0 Å². The summed E-state index contributed by atoms with van der Waals surface area (Å²) in [5.41, 5.74) is -1.07. The number of thiophene rings is 1. The molecule has 4 heteroatoms. The Kier molecular flexibility index (Phi) is 3.87. The average Bonchev–Trinajstić information content (AvgIpc) is 2.70. The van der Waals surface area contributed by atoms with Crippen molar-refractivity contribution in [1.82, 2.24) is 0 Å². The Hall–Kier alpha value is -1.34. The zero-order valence-electron chi connectivity index (χ0n) is 8.82. The van der Waals surface area contributed by atoms with E-state index < -0.39 is 11.4 Å². The maximum atomic E-state index is 11.6. The Morgan fingerprint density at radius 2 is 2.47 bits per heavy atom. The molecule has 1 unspecified atom stereocenters. The maximum Gasteiger partial charge on any atom is 0.326 e. The molecular formula is C11H13NO2S. The molecule has 1 rings (SSSR count). The van der Waals surface area contributed by atoms with Crippen LogP contribution in [0.3, 0.4) is 0 Å². The van der Waals surface area contributed by atoms with Crippen LogP contribution in [0.5, 0.6) is 0 Å². The van der Waals surface area contributed by atoms with Gasteiger partial charge in [0.1, 0.15) is 0 Å². The Labute approximate surface area is 93.3 Å². The number of ether oxygens (including phenoxy) is 1. The van der Waals surface area contributed by atoms with Crippen molar-refractivity contribution in [3.05, 3.63) is 22.4 Å². The Bertz CT molecular complexity index is 366. The first-order valence-corrected chi connectivity index (χ1v) is 5.61. The highest BCUT2D eigenvalue weighted by Gasteiger charge is 2.35. The second-order valence-corrected chi connectivity index (χ2v) is 4.45. The van der Waals surface area contributed by atoms with Crippen LogP contribution in [0.4, 0.5) is 0 Å². The predicted molar refractivity (Wildman–Crippen MR) is 58.4 cm³/mol. The van der Waals surface area contributed by atoms with Gasteiger partial charge in [0.05, 0.1) is 12.7 Å². The molecule has 0 N–H and O–H groups in total. The minimum atomic E-state index is -1.07. The van der Waals surface area contributed by atoms with E-state index in [9.17, 15) is 4.79 Å². The van der Waals surface area contributed by atoms with Gasteiger partial charge in [-0.15, -0.1) is 11.3 Å². The van der Waals surface area contributed by atoms with Crippen LogP contribution >= 0.6 is 11.3 Å². The Morgan fingerprint density at radius 1 is 1.73 bits per heavy atom. The van der Waals surface area contributed by atoms with E-state index in [1.54, 1.807) is 25.2 Å². The molecule has 80 valence electrons. The summed E-state index contributed by atoms with van der Waals surface area (Å²) in [7, 11) is 0. The van der Waals surface area contributed by atoms with Gasteiger partial charge < -0.3 is 4.74 Å². The van der Waals surface area contributed by atoms with Gasteiger partial charge in [0.15, 0.2) is 5.41 Å². The lowest BCUT2D eigenvalue weighted by Crippen LogP contribution is -2.30. The summed E-state index contributed by atoms with van der Waals surface area (Å²) in [4.78, 5) is 12.6. The molecule has 0 bridgehead atoms. The normalized spacial score (nSPS) is 13.9. The fraction of sp³-hybridized carbons (Fsp3) is 0.455. The average molecular weight is 223 g/mol. The van der Waals surface area contributed by atoms with Gasteiger partial charge in [0, 0.05) is 11.3 Å². The van der Waals surface area contributed by atoms with Gasteiger partial charge in [-0.05, 0) is 25.3 Å². The smallest absolute Gasteiger partial charge is 0.326 e. The summed E-state index contributed by atoms with van der Waals surface area (Å²) < 4.78 is 4.89. The third-order valence-electron chi connectivity index (χ3n) is 2.08. The third-order valence-corrected chi connectivity index (χ3v) is 2.96. The maximum absolute atomic E-state index is 11.6. The van der Waals surface area contributed by atoms with Crippen LogP contribution in [0, 0.1) is 16.7 Å². The number of hydrogen-bond acceptors (Lipinski definition) is 4. The highest BCUT2D eigenvalue weighted by atomic mass is 32.1. The summed E-state index contributed by atoms with van der Waals surface area (Å²) in [5, 5.41) is 11.0. The largest absolute Gasteiger partial charge is 0.465 e. The van der Waals surface area contributed by atoms with E-state index in [-0.39, 0.29) is 0 Å². The number of nitriles is 1. The zero-order valence-corrected chi connectivity index (χ0v) is 9.63. The van der Waals surface area contributed by atoms with Crippen molar-refractivity contribution >= 4 is 17.3 Å². The van der Waals surface area contributed by atoms with E-state index in [0.717, 1.165) is 4.88 Å². The third kappa shape index (κ3) is 2.80. The number of carbonyl (C=O) groups excluding carboxylic acids is 1. The highest BCUT2D eigenvalue weighted by molar-refractivity contribution is 7.09. The molecule has 0 aliphatic carbocycles. The second-order valence-electron chi connectivity index (χ2n) is 3.42. The monoisotopic (exact) mass is 223 g/mol. The van der Waals surface area contributed by atoms with Crippen molar-refractivity contribution in [2.75, 3.05) is 6.61 Å². The number of hydrogen-bond donors (Lipinski definition) is 0. The first-order chi connectivity index (χ1) is 7.12. The first kappa shape index (κ1) is 11.7. The van der Waals surface area contributed by atoms with Crippen molar-refractivity contribution in [3.8, 4) is 6.07 Å². The van der Waals surface area contributed by atoms with E-state index >= 15 is 0 Å². The molecule has 15 heavy (non-hydrogen) atoms. The Balaban J connectivity index is 2.78. The topological polar surface area (TPSA) is 50.1 Å². The zero-order chi connectivity index (χ0) is 11.3. The standard InChI is InChI=1S/C11H13NO2S/c1-3-14-10(13)11(2,8-12)7-9-5-4-6-15-9/h4-6H,3,7H2,1-2H3. The number of nitrogens with zero attached hydrogens (tertiary/aromatic N) is 1.